The Morgan fingerprint density at radius 1 is 1.23 bits per heavy atom. The third kappa shape index (κ3) is 5.17. The monoisotopic (exact) mass is 438 g/mol. The Hall–Kier alpha value is -2.91. The maximum absolute atomic E-state index is 13.2. The second kappa shape index (κ2) is 8.85. The first-order valence-corrected chi connectivity index (χ1v) is 9.42. The van der Waals surface area contributed by atoms with Crippen LogP contribution in [0.25, 0.3) is 10.9 Å². The van der Waals surface area contributed by atoms with E-state index in [4.69, 9.17) is 11.6 Å². The Morgan fingerprint density at radius 2 is 1.97 bits per heavy atom. The Balaban J connectivity index is 1.74. The van der Waals surface area contributed by atoms with Gasteiger partial charge < -0.3 is 10.3 Å². The minimum absolute atomic E-state index is 0.0816. The number of aromatic nitrogens is 2. The number of hydrogen-bond acceptors (Lipinski definition) is 4. The molecule has 1 heterocycles. The highest BCUT2D eigenvalue weighted by Crippen LogP contribution is 2.36. The number of H-pyrrole nitrogens is 1. The minimum Gasteiger partial charge on any atom is -0.324 e. The fraction of sp³-hybridized carbons (Fsp3) is 0.250. The van der Waals surface area contributed by atoms with Crippen molar-refractivity contribution in [3.63, 3.8) is 0 Å². The van der Waals surface area contributed by atoms with E-state index in [9.17, 15) is 22.8 Å². The van der Waals surface area contributed by atoms with Crippen LogP contribution < -0.4 is 10.9 Å². The van der Waals surface area contributed by atoms with Crippen LogP contribution in [-0.2, 0) is 17.5 Å². The molecular weight excluding hydrogens is 421 g/mol. The lowest BCUT2D eigenvalue weighted by Gasteiger charge is -2.20. The van der Waals surface area contributed by atoms with Gasteiger partial charge in [-0.1, -0.05) is 30.7 Å². The summed E-state index contributed by atoms with van der Waals surface area (Å²) in [6.45, 7) is 2.16. The zero-order chi connectivity index (χ0) is 21.9. The average molecular weight is 439 g/mol. The van der Waals surface area contributed by atoms with E-state index in [0.29, 0.717) is 23.3 Å². The summed E-state index contributed by atoms with van der Waals surface area (Å²) < 4.78 is 39.6. The number of nitrogens with one attached hydrogen (secondary N) is 2. The van der Waals surface area contributed by atoms with E-state index in [0.717, 1.165) is 12.1 Å². The van der Waals surface area contributed by atoms with E-state index in [2.05, 4.69) is 15.3 Å². The van der Waals surface area contributed by atoms with Crippen LogP contribution in [0.5, 0.6) is 0 Å². The maximum atomic E-state index is 13.2. The van der Waals surface area contributed by atoms with Crippen LogP contribution in [0.3, 0.4) is 0 Å². The number of likely N-dealkylation sites (N-methyl/N-ethyl adjacent to an activating group) is 1. The molecule has 158 valence electrons. The highest BCUT2D eigenvalue weighted by molar-refractivity contribution is 6.30. The van der Waals surface area contributed by atoms with Gasteiger partial charge in [0.15, 0.2) is 0 Å². The van der Waals surface area contributed by atoms with E-state index in [1.807, 2.05) is 0 Å². The van der Waals surface area contributed by atoms with Gasteiger partial charge in [0.25, 0.3) is 5.56 Å². The molecule has 3 rings (SSSR count). The predicted molar refractivity (Wildman–Crippen MR) is 108 cm³/mol. The molecule has 0 aliphatic heterocycles. The highest BCUT2D eigenvalue weighted by Gasteiger charge is 2.34. The Morgan fingerprint density at radius 3 is 2.67 bits per heavy atom. The molecule has 0 saturated heterocycles. The van der Waals surface area contributed by atoms with Gasteiger partial charge in [0.2, 0.25) is 5.91 Å². The standard InChI is InChI=1S/C20H18ClF3N4O2/c1-2-28(10-17-25-15-6-4-3-5-13(15)19(30)27-17)11-18(29)26-16-8-7-12(21)9-14(16)20(22,23)24/h3-9H,2,10-11H2,1H3,(H,26,29)(H,25,27,30). The molecule has 0 unspecified atom stereocenters. The number of rotatable bonds is 6. The first kappa shape index (κ1) is 21.8. The Labute approximate surface area is 174 Å². The number of halogens is 4. The number of fused-ring (bicyclic) bond motifs is 1. The Bertz CT molecular complexity index is 1130. The van der Waals surface area contributed by atoms with Crippen LogP contribution in [0.1, 0.15) is 18.3 Å². The number of anilines is 1. The average Bonchev–Trinajstić information content (AvgIpc) is 2.68. The van der Waals surface area contributed by atoms with Crippen LogP contribution in [-0.4, -0.2) is 33.9 Å². The lowest BCUT2D eigenvalue weighted by Crippen LogP contribution is -2.34. The maximum Gasteiger partial charge on any atom is 0.418 e. The summed E-state index contributed by atoms with van der Waals surface area (Å²) >= 11 is 5.65. The van der Waals surface area contributed by atoms with Crippen LogP contribution in [0.15, 0.2) is 47.3 Å². The van der Waals surface area contributed by atoms with Crippen LogP contribution >= 0.6 is 11.6 Å². The zero-order valence-corrected chi connectivity index (χ0v) is 16.6. The number of aromatic amines is 1. The normalized spacial score (nSPS) is 11.8. The molecule has 0 fully saturated rings. The van der Waals surface area contributed by atoms with E-state index >= 15 is 0 Å². The van der Waals surface area contributed by atoms with Crippen molar-refractivity contribution in [2.45, 2.75) is 19.6 Å². The van der Waals surface area contributed by atoms with Crippen molar-refractivity contribution in [3.8, 4) is 0 Å². The third-order valence-electron chi connectivity index (χ3n) is 4.41. The highest BCUT2D eigenvalue weighted by atomic mass is 35.5. The summed E-state index contributed by atoms with van der Waals surface area (Å²) in [7, 11) is 0. The number of carbonyl (C=O) groups excluding carboxylic acids is 1. The van der Waals surface area contributed by atoms with Crippen molar-refractivity contribution in [1.29, 1.82) is 0 Å². The molecule has 10 heteroatoms. The first-order valence-electron chi connectivity index (χ1n) is 9.04. The van der Waals surface area contributed by atoms with Crippen molar-refractivity contribution < 1.29 is 18.0 Å². The van der Waals surface area contributed by atoms with Gasteiger partial charge in [-0.3, -0.25) is 14.5 Å². The quantitative estimate of drug-likeness (QED) is 0.608. The molecule has 1 aromatic heterocycles. The molecule has 0 radical (unpaired) electrons. The summed E-state index contributed by atoms with van der Waals surface area (Å²) in [5.41, 5.74) is -1.17. The molecule has 0 saturated carbocycles. The molecule has 0 bridgehead atoms. The summed E-state index contributed by atoms with van der Waals surface area (Å²) in [4.78, 5) is 33.2. The third-order valence-corrected chi connectivity index (χ3v) is 4.65. The molecule has 1 amide bonds. The molecule has 0 spiro atoms. The number of alkyl halides is 3. The summed E-state index contributed by atoms with van der Waals surface area (Å²) in [5, 5.41) is 2.65. The Kier molecular flexibility index (Phi) is 6.42. The molecule has 2 N–H and O–H groups in total. The van der Waals surface area contributed by atoms with E-state index < -0.39 is 17.6 Å². The minimum atomic E-state index is -4.66. The fourth-order valence-corrected chi connectivity index (χ4v) is 3.13. The summed E-state index contributed by atoms with van der Waals surface area (Å²) in [6, 6.07) is 9.99. The molecule has 30 heavy (non-hydrogen) atoms. The topological polar surface area (TPSA) is 78.1 Å². The van der Waals surface area contributed by atoms with E-state index in [-0.39, 0.29) is 29.4 Å². The van der Waals surface area contributed by atoms with Gasteiger partial charge in [0, 0.05) is 5.02 Å². The first-order chi connectivity index (χ1) is 14.2. The smallest absolute Gasteiger partial charge is 0.324 e. The fourth-order valence-electron chi connectivity index (χ4n) is 2.95. The molecule has 2 aromatic carbocycles. The lowest BCUT2D eigenvalue weighted by molar-refractivity contribution is -0.137. The number of hydrogen-bond donors (Lipinski definition) is 2. The molecule has 0 aliphatic rings. The van der Waals surface area contributed by atoms with Gasteiger partial charge in [0.1, 0.15) is 5.82 Å². The van der Waals surface area contributed by atoms with Crippen LogP contribution in [0.2, 0.25) is 5.02 Å². The van der Waals surface area contributed by atoms with E-state index in [1.54, 1.807) is 36.1 Å². The number of amides is 1. The number of nitrogens with zero attached hydrogens (tertiary/aromatic N) is 2. The predicted octanol–water partition coefficient (Wildman–Crippen LogP) is 4.06. The second-order valence-electron chi connectivity index (χ2n) is 6.57. The van der Waals surface area contributed by atoms with Gasteiger partial charge in [-0.25, -0.2) is 4.98 Å². The molecule has 3 aromatic rings. The molecular formula is C20H18ClF3N4O2. The molecule has 0 atom stereocenters. The number of benzene rings is 2. The molecule has 0 aliphatic carbocycles. The van der Waals surface area contributed by atoms with Crippen molar-refractivity contribution in [3.05, 3.63) is 69.2 Å². The molecule has 6 nitrogen and oxygen atoms in total. The van der Waals surface area contributed by atoms with Crippen LogP contribution in [0, 0.1) is 0 Å². The van der Waals surface area contributed by atoms with Crippen molar-refractivity contribution in [2.24, 2.45) is 0 Å². The van der Waals surface area contributed by atoms with Crippen molar-refractivity contribution in [1.82, 2.24) is 14.9 Å². The number of carbonyl (C=O) groups is 1. The van der Waals surface area contributed by atoms with Gasteiger partial charge >= 0.3 is 6.18 Å². The van der Waals surface area contributed by atoms with Gasteiger partial charge in [-0.2, -0.15) is 13.2 Å². The second-order valence-corrected chi connectivity index (χ2v) is 7.01. The van der Waals surface area contributed by atoms with Gasteiger partial charge in [-0.05, 0) is 36.9 Å². The van der Waals surface area contributed by atoms with E-state index in [1.165, 1.54) is 6.07 Å². The number of para-hydroxylation sites is 1. The van der Waals surface area contributed by atoms with Gasteiger partial charge in [-0.15, -0.1) is 0 Å². The summed E-state index contributed by atoms with van der Waals surface area (Å²) in [6.07, 6.45) is -4.66. The lowest BCUT2D eigenvalue weighted by atomic mass is 10.1. The summed E-state index contributed by atoms with van der Waals surface area (Å²) in [5.74, 6) is -0.274. The SMILES string of the molecule is CCN(CC(=O)Nc1ccc(Cl)cc1C(F)(F)F)Cc1nc2ccccc2c(=O)[nH]1. The van der Waals surface area contributed by atoms with Gasteiger partial charge in [0.05, 0.1) is 35.2 Å². The van der Waals surface area contributed by atoms with Crippen molar-refractivity contribution >= 4 is 34.1 Å². The van der Waals surface area contributed by atoms with Crippen molar-refractivity contribution in [2.75, 3.05) is 18.4 Å². The zero-order valence-electron chi connectivity index (χ0n) is 15.9. The van der Waals surface area contributed by atoms with Crippen LogP contribution in [0.4, 0.5) is 18.9 Å². The largest absolute Gasteiger partial charge is 0.418 e.